The van der Waals surface area contributed by atoms with Gasteiger partial charge in [0.2, 0.25) is 6.79 Å². The Balaban J connectivity index is 1.71. The first kappa shape index (κ1) is 22.1. The molecule has 0 N–H and O–H groups in total. The molecule has 2 aromatic heterocycles. The van der Waals surface area contributed by atoms with Crippen LogP contribution in [-0.2, 0) is 25.4 Å². The summed E-state index contributed by atoms with van der Waals surface area (Å²) in [6.07, 6.45) is -0.609. The number of aryl methyl sites for hydroxylation is 2. The van der Waals surface area contributed by atoms with Crippen LogP contribution in [0.15, 0.2) is 46.0 Å². The van der Waals surface area contributed by atoms with Crippen LogP contribution in [-0.4, -0.2) is 32.0 Å². The second-order valence-corrected chi connectivity index (χ2v) is 8.94. The van der Waals surface area contributed by atoms with E-state index in [9.17, 15) is 19.7 Å². The number of hydrogen-bond acceptors (Lipinski definition) is 7. The van der Waals surface area contributed by atoms with Crippen molar-refractivity contribution in [2.24, 2.45) is 14.1 Å². The van der Waals surface area contributed by atoms with Crippen LogP contribution in [0.4, 0.5) is 5.69 Å². The lowest BCUT2D eigenvalue weighted by molar-refractivity contribution is -0.385. The van der Waals surface area contributed by atoms with Gasteiger partial charge in [0.15, 0.2) is 11.5 Å². The highest BCUT2D eigenvalue weighted by Crippen LogP contribution is 2.43. The average molecular weight is 490 g/mol. The van der Waals surface area contributed by atoms with Crippen molar-refractivity contribution in [2.45, 2.75) is 19.6 Å². The Morgan fingerprint density at radius 2 is 1.81 bits per heavy atom. The van der Waals surface area contributed by atoms with E-state index in [2.05, 4.69) is 0 Å². The van der Waals surface area contributed by atoms with E-state index in [1.165, 1.54) is 17.7 Å². The molecule has 36 heavy (non-hydrogen) atoms. The van der Waals surface area contributed by atoms with Crippen molar-refractivity contribution >= 4 is 16.6 Å². The smallest absolute Gasteiger partial charge is 0.331 e. The zero-order valence-electron chi connectivity index (χ0n) is 19.8. The van der Waals surface area contributed by atoms with Crippen LogP contribution < -0.4 is 20.7 Å². The summed E-state index contributed by atoms with van der Waals surface area (Å²) in [4.78, 5) is 37.7. The van der Waals surface area contributed by atoms with Gasteiger partial charge in [-0.25, -0.2) is 4.79 Å². The predicted octanol–water partition coefficient (Wildman–Crippen LogP) is 2.77. The van der Waals surface area contributed by atoms with E-state index in [1.54, 1.807) is 32.2 Å². The second-order valence-electron chi connectivity index (χ2n) is 8.94. The lowest BCUT2D eigenvalue weighted by Crippen LogP contribution is -2.37. The third-order valence-electron chi connectivity index (χ3n) is 6.93. The van der Waals surface area contributed by atoms with Crippen LogP contribution in [0.2, 0.25) is 0 Å². The first-order chi connectivity index (χ1) is 17.3. The van der Waals surface area contributed by atoms with E-state index in [4.69, 9.17) is 14.2 Å². The van der Waals surface area contributed by atoms with Crippen LogP contribution >= 0.6 is 0 Å². The molecule has 0 bridgehead atoms. The summed E-state index contributed by atoms with van der Waals surface area (Å²) in [5, 5.41) is 12.0. The summed E-state index contributed by atoms with van der Waals surface area (Å²) in [7, 11) is 3.03. The molecule has 2 aromatic carbocycles. The molecule has 0 saturated carbocycles. The fourth-order valence-electron chi connectivity index (χ4n) is 5.16. The summed E-state index contributed by atoms with van der Waals surface area (Å²) in [6, 6.07) is 10.4. The van der Waals surface area contributed by atoms with Gasteiger partial charge in [0, 0.05) is 37.8 Å². The summed E-state index contributed by atoms with van der Waals surface area (Å²) in [5.74, 6) is 1.21. The maximum atomic E-state index is 13.5. The maximum Gasteiger partial charge on any atom is 0.331 e. The molecular weight excluding hydrogens is 468 g/mol. The molecule has 1 atom stereocenters. The quantitative estimate of drug-likeness (QED) is 0.320. The molecule has 184 valence electrons. The minimum absolute atomic E-state index is 0.0442. The Kier molecular flexibility index (Phi) is 4.80. The van der Waals surface area contributed by atoms with Crippen molar-refractivity contribution in [2.75, 3.05) is 13.4 Å². The molecule has 2 aliphatic heterocycles. The van der Waals surface area contributed by atoms with Crippen molar-refractivity contribution in [3.05, 3.63) is 84.2 Å². The molecule has 11 nitrogen and oxygen atoms in total. The predicted molar refractivity (Wildman–Crippen MR) is 130 cm³/mol. The average Bonchev–Trinajstić information content (AvgIpc) is 3.48. The molecule has 0 amide bonds. The molecule has 11 heteroatoms. The maximum absolute atomic E-state index is 13.5. The SMILES string of the molecule is Cc1ccc(-c2c3c(=O)n(C)c(=O)n(C)c3c3n2CCOC3c2ccc3c(c2)OCO3)cc1[N+](=O)[O-]. The lowest BCUT2D eigenvalue weighted by atomic mass is 10.0. The van der Waals surface area contributed by atoms with Gasteiger partial charge >= 0.3 is 5.69 Å². The standard InChI is InChI=1S/C25H22N4O7/c1-13-4-5-14(10-16(13)29(32)33)20-19-21(26(2)25(31)27(3)24(19)30)22-23(34-9-8-28(20)22)15-6-7-17-18(11-15)36-12-35-17/h4-7,10-11,23H,8-9,12H2,1-3H3. The van der Waals surface area contributed by atoms with Crippen LogP contribution in [0.5, 0.6) is 11.5 Å². The number of fused-ring (bicyclic) bond motifs is 4. The van der Waals surface area contributed by atoms with E-state index in [1.807, 2.05) is 16.7 Å². The highest BCUT2D eigenvalue weighted by atomic mass is 16.7. The van der Waals surface area contributed by atoms with Crippen molar-refractivity contribution in [1.29, 1.82) is 0 Å². The Hall–Kier alpha value is -4.38. The fraction of sp³-hybridized carbons (Fsp3) is 0.280. The Bertz CT molecular complexity index is 1710. The summed E-state index contributed by atoms with van der Waals surface area (Å²) < 4.78 is 21.6. The van der Waals surface area contributed by atoms with E-state index in [0.717, 1.165) is 10.1 Å². The number of aromatic nitrogens is 3. The van der Waals surface area contributed by atoms with Crippen molar-refractivity contribution in [3.8, 4) is 22.8 Å². The normalized spacial score (nSPS) is 16.4. The molecule has 2 aliphatic rings. The molecule has 0 radical (unpaired) electrons. The summed E-state index contributed by atoms with van der Waals surface area (Å²) in [5.41, 5.74) is 2.40. The molecular formula is C25H22N4O7. The molecule has 6 rings (SSSR count). The number of nitro benzene ring substituents is 1. The number of nitrogens with zero attached hydrogens (tertiary/aromatic N) is 4. The minimum Gasteiger partial charge on any atom is -0.454 e. The Morgan fingerprint density at radius 3 is 2.58 bits per heavy atom. The largest absolute Gasteiger partial charge is 0.454 e. The van der Waals surface area contributed by atoms with Crippen LogP contribution in [0.1, 0.15) is 22.9 Å². The monoisotopic (exact) mass is 490 g/mol. The van der Waals surface area contributed by atoms with Gasteiger partial charge in [0.05, 0.1) is 33.8 Å². The van der Waals surface area contributed by atoms with E-state index in [0.29, 0.717) is 58.1 Å². The van der Waals surface area contributed by atoms with Crippen LogP contribution in [0.3, 0.4) is 0 Å². The van der Waals surface area contributed by atoms with Gasteiger partial charge in [0.1, 0.15) is 6.10 Å². The van der Waals surface area contributed by atoms with Gasteiger partial charge in [-0.1, -0.05) is 18.2 Å². The molecule has 0 aliphatic carbocycles. The lowest BCUT2D eigenvalue weighted by Gasteiger charge is -2.28. The molecule has 0 saturated heterocycles. The second kappa shape index (κ2) is 7.82. The van der Waals surface area contributed by atoms with Gasteiger partial charge in [-0.2, -0.15) is 0 Å². The number of benzene rings is 2. The Labute approximate surface area is 203 Å². The van der Waals surface area contributed by atoms with Gasteiger partial charge < -0.3 is 18.8 Å². The van der Waals surface area contributed by atoms with E-state index < -0.39 is 22.3 Å². The highest BCUT2D eigenvalue weighted by molar-refractivity contribution is 5.97. The summed E-state index contributed by atoms with van der Waals surface area (Å²) in [6.45, 7) is 2.53. The summed E-state index contributed by atoms with van der Waals surface area (Å²) >= 11 is 0. The van der Waals surface area contributed by atoms with Gasteiger partial charge in [-0.3, -0.25) is 24.0 Å². The molecule has 4 aromatic rings. The van der Waals surface area contributed by atoms with E-state index in [-0.39, 0.29) is 12.5 Å². The van der Waals surface area contributed by atoms with Gasteiger partial charge in [0.25, 0.3) is 11.2 Å². The topological polar surface area (TPSA) is 120 Å². The van der Waals surface area contributed by atoms with Crippen molar-refractivity contribution < 1.29 is 19.1 Å². The molecule has 1 unspecified atom stereocenters. The first-order valence-corrected chi connectivity index (χ1v) is 11.4. The number of nitro groups is 1. The number of ether oxygens (including phenoxy) is 3. The third kappa shape index (κ3) is 3.02. The van der Waals surface area contributed by atoms with Crippen LogP contribution in [0, 0.1) is 17.0 Å². The van der Waals surface area contributed by atoms with Gasteiger partial charge in [-0.15, -0.1) is 0 Å². The highest BCUT2D eigenvalue weighted by Gasteiger charge is 2.34. The molecule has 4 heterocycles. The number of hydrogen-bond donors (Lipinski definition) is 0. The minimum atomic E-state index is -0.609. The zero-order chi connectivity index (χ0) is 25.3. The van der Waals surface area contributed by atoms with Crippen molar-refractivity contribution in [1.82, 2.24) is 13.7 Å². The first-order valence-electron chi connectivity index (χ1n) is 11.4. The number of rotatable bonds is 3. The van der Waals surface area contributed by atoms with E-state index >= 15 is 0 Å². The van der Waals surface area contributed by atoms with Crippen molar-refractivity contribution in [3.63, 3.8) is 0 Å². The Morgan fingerprint density at radius 1 is 1.03 bits per heavy atom. The fourth-order valence-corrected chi connectivity index (χ4v) is 5.16. The molecule has 0 spiro atoms. The molecule has 0 fully saturated rings. The van der Waals surface area contributed by atoms with Crippen LogP contribution in [0.25, 0.3) is 22.2 Å². The third-order valence-corrected chi connectivity index (χ3v) is 6.93. The zero-order valence-corrected chi connectivity index (χ0v) is 19.8. The van der Waals surface area contributed by atoms with Gasteiger partial charge in [-0.05, 0) is 24.6 Å².